The van der Waals surface area contributed by atoms with Crippen LogP contribution in [0.1, 0.15) is 15.9 Å². The van der Waals surface area contributed by atoms with E-state index in [2.05, 4.69) is 20.3 Å². The van der Waals surface area contributed by atoms with Crippen LogP contribution in [0.15, 0.2) is 71.9 Å². The number of aryl methyl sites for hydroxylation is 1. The molecule has 7 nitrogen and oxygen atoms in total. The number of rotatable bonds is 4. The van der Waals surface area contributed by atoms with Gasteiger partial charge in [0.15, 0.2) is 21.3 Å². The number of anilines is 1. The summed E-state index contributed by atoms with van der Waals surface area (Å²) in [6.07, 6.45) is 4.52. The molecule has 4 aromatic rings. The van der Waals surface area contributed by atoms with Gasteiger partial charge in [-0.05, 0) is 55.0 Å². The molecule has 0 aliphatic heterocycles. The van der Waals surface area contributed by atoms with Gasteiger partial charge >= 0.3 is 0 Å². The maximum absolute atomic E-state index is 12.7. The number of fused-ring (bicyclic) bond motifs is 1. The van der Waals surface area contributed by atoms with Crippen LogP contribution in [0.4, 0.5) is 5.69 Å². The Labute approximate surface area is 173 Å². The topological polar surface area (TPSA) is 102 Å². The van der Waals surface area contributed by atoms with E-state index in [4.69, 9.17) is 0 Å². The maximum Gasteiger partial charge on any atom is 0.255 e. The fraction of sp³-hybridized carbons (Fsp3) is 0.0909. The number of aromatic nitrogens is 3. The van der Waals surface area contributed by atoms with Crippen molar-refractivity contribution in [2.45, 2.75) is 11.8 Å². The van der Waals surface area contributed by atoms with Crippen LogP contribution in [-0.4, -0.2) is 35.5 Å². The van der Waals surface area contributed by atoms with E-state index in [9.17, 15) is 13.2 Å². The highest BCUT2D eigenvalue weighted by atomic mass is 32.2. The molecule has 0 spiro atoms. The molecule has 2 aromatic heterocycles. The lowest BCUT2D eigenvalue weighted by Crippen LogP contribution is -2.14. The predicted octanol–water partition coefficient (Wildman–Crippen LogP) is 3.66. The molecule has 2 aromatic carbocycles. The molecule has 1 amide bonds. The standard InChI is InChI=1S/C22H18N4O3S/c1-14-11-18(30(2,28)29)8-9-19(14)22(27)25-17-7-3-5-15(12-17)20-24-13-16-6-4-10-23-21(16)26-20/h3-13H,1-2H3,(H,25,27). The Morgan fingerprint density at radius 1 is 1.00 bits per heavy atom. The fourth-order valence-electron chi connectivity index (χ4n) is 3.06. The highest BCUT2D eigenvalue weighted by Gasteiger charge is 2.14. The monoisotopic (exact) mass is 418 g/mol. The van der Waals surface area contributed by atoms with Crippen molar-refractivity contribution in [1.82, 2.24) is 15.0 Å². The Bertz CT molecular complexity index is 1380. The number of benzene rings is 2. The van der Waals surface area contributed by atoms with E-state index in [-0.39, 0.29) is 10.8 Å². The van der Waals surface area contributed by atoms with Gasteiger partial charge in [0.05, 0.1) is 4.90 Å². The molecular formula is C22H18N4O3S. The van der Waals surface area contributed by atoms with Crippen LogP contribution in [0.5, 0.6) is 0 Å². The van der Waals surface area contributed by atoms with E-state index in [1.54, 1.807) is 37.5 Å². The molecule has 0 bridgehead atoms. The van der Waals surface area contributed by atoms with Crippen LogP contribution < -0.4 is 5.32 Å². The summed E-state index contributed by atoms with van der Waals surface area (Å²) in [5, 5.41) is 3.69. The second-order valence-electron chi connectivity index (χ2n) is 6.89. The SMILES string of the molecule is Cc1cc(S(C)(=O)=O)ccc1C(=O)Nc1cccc(-c2ncc3cccnc3n2)c1. The first-order valence-corrected chi connectivity index (χ1v) is 11.0. The molecular weight excluding hydrogens is 400 g/mol. The summed E-state index contributed by atoms with van der Waals surface area (Å²) in [6, 6.07) is 15.4. The third-order valence-electron chi connectivity index (χ3n) is 4.60. The number of hydrogen-bond acceptors (Lipinski definition) is 6. The minimum atomic E-state index is -3.33. The highest BCUT2D eigenvalue weighted by Crippen LogP contribution is 2.22. The van der Waals surface area contributed by atoms with Crippen LogP contribution in [0, 0.1) is 6.92 Å². The van der Waals surface area contributed by atoms with E-state index < -0.39 is 9.84 Å². The zero-order valence-electron chi connectivity index (χ0n) is 16.3. The minimum absolute atomic E-state index is 0.181. The summed E-state index contributed by atoms with van der Waals surface area (Å²) in [4.78, 5) is 26.0. The Morgan fingerprint density at radius 3 is 2.60 bits per heavy atom. The molecule has 0 radical (unpaired) electrons. The maximum atomic E-state index is 12.7. The Morgan fingerprint density at radius 2 is 1.83 bits per heavy atom. The first kappa shape index (κ1) is 19.7. The van der Waals surface area contributed by atoms with Crippen LogP contribution >= 0.6 is 0 Å². The first-order chi connectivity index (χ1) is 14.3. The molecule has 0 saturated heterocycles. The van der Waals surface area contributed by atoms with Gasteiger partial charge in [-0.25, -0.2) is 23.4 Å². The lowest BCUT2D eigenvalue weighted by Gasteiger charge is -2.10. The predicted molar refractivity (Wildman–Crippen MR) is 115 cm³/mol. The summed E-state index contributed by atoms with van der Waals surface area (Å²) in [5.41, 5.74) is 2.89. The third kappa shape index (κ3) is 4.04. The van der Waals surface area contributed by atoms with E-state index >= 15 is 0 Å². The van der Waals surface area contributed by atoms with Crippen molar-refractivity contribution in [2.24, 2.45) is 0 Å². The third-order valence-corrected chi connectivity index (χ3v) is 5.71. The van der Waals surface area contributed by atoms with Crippen LogP contribution in [0.2, 0.25) is 0 Å². The molecule has 30 heavy (non-hydrogen) atoms. The summed E-state index contributed by atoms with van der Waals surface area (Å²) >= 11 is 0. The summed E-state index contributed by atoms with van der Waals surface area (Å²) in [6.45, 7) is 1.70. The van der Waals surface area contributed by atoms with Crippen molar-refractivity contribution in [1.29, 1.82) is 0 Å². The van der Waals surface area contributed by atoms with Crippen molar-refractivity contribution in [3.63, 3.8) is 0 Å². The number of sulfone groups is 1. The molecule has 1 N–H and O–H groups in total. The zero-order chi connectivity index (χ0) is 21.3. The molecule has 4 rings (SSSR count). The van der Waals surface area contributed by atoms with Gasteiger partial charge < -0.3 is 5.32 Å². The van der Waals surface area contributed by atoms with Crippen molar-refractivity contribution < 1.29 is 13.2 Å². The molecule has 0 fully saturated rings. The van der Waals surface area contributed by atoms with Gasteiger partial charge in [0, 0.05) is 40.8 Å². The lowest BCUT2D eigenvalue weighted by atomic mass is 10.1. The number of carbonyl (C=O) groups excluding carboxylic acids is 1. The number of carbonyl (C=O) groups is 1. The molecule has 8 heteroatoms. The Hall–Kier alpha value is -3.65. The van der Waals surface area contributed by atoms with Crippen molar-refractivity contribution in [3.8, 4) is 11.4 Å². The van der Waals surface area contributed by atoms with Crippen LogP contribution in [0.3, 0.4) is 0 Å². The van der Waals surface area contributed by atoms with Gasteiger partial charge in [-0.2, -0.15) is 0 Å². The summed E-state index contributed by atoms with van der Waals surface area (Å²) in [5.74, 6) is 0.178. The van der Waals surface area contributed by atoms with Gasteiger partial charge in [-0.15, -0.1) is 0 Å². The molecule has 0 saturated carbocycles. The molecule has 0 aliphatic rings. The minimum Gasteiger partial charge on any atom is -0.322 e. The number of hydrogen-bond donors (Lipinski definition) is 1. The molecule has 0 atom stereocenters. The second-order valence-corrected chi connectivity index (χ2v) is 8.91. The summed E-state index contributed by atoms with van der Waals surface area (Å²) < 4.78 is 23.4. The number of amides is 1. The first-order valence-electron chi connectivity index (χ1n) is 9.11. The number of nitrogens with one attached hydrogen (secondary N) is 1. The Kier molecular flexibility index (Phi) is 5.01. The van der Waals surface area contributed by atoms with Gasteiger partial charge in [0.1, 0.15) is 0 Å². The highest BCUT2D eigenvalue weighted by molar-refractivity contribution is 7.90. The van der Waals surface area contributed by atoms with E-state index in [0.717, 1.165) is 17.2 Å². The zero-order valence-corrected chi connectivity index (χ0v) is 17.1. The number of pyridine rings is 1. The van der Waals surface area contributed by atoms with Gasteiger partial charge in [-0.1, -0.05) is 12.1 Å². The van der Waals surface area contributed by atoms with Gasteiger partial charge in [0.2, 0.25) is 0 Å². The smallest absolute Gasteiger partial charge is 0.255 e. The largest absolute Gasteiger partial charge is 0.322 e. The lowest BCUT2D eigenvalue weighted by molar-refractivity contribution is 0.102. The second kappa shape index (κ2) is 7.64. The normalized spacial score (nSPS) is 11.4. The van der Waals surface area contributed by atoms with Crippen molar-refractivity contribution in [3.05, 3.63) is 78.1 Å². The average Bonchev–Trinajstić information content (AvgIpc) is 2.72. The number of nitrogens with zero attached hydrogens (tertiary/aromatic N) is 3. The molecule has 0 unspecified atom stereocenters. The quantitative estimate of drug-likeness (QED) is 0.543. The van der Waals surface area contributed by atoms with Crippen LogP contribution in [-0.2, 0) is 9.84 Å². The van der Waals surface area contributed by atoms with Gasteiger partial charge in [-0.3, -0.25) is 4.79 Å². The van der Waals surface area contributed by atoms with Crippen molar-refractivity contribution >= 4 is 32.5 Å². The van der Waals surface area contributed by atoms with E-state index in [1.807, 2.05) is 18.2 Å². The fourth-order valence-corrected chi connectivity index (χ4v) is 3.76. The van der Waals surface area contributed by atoms with Crippen LogP contribution in [0.25, 0.3) is 22.4 Å². The molecule has 2 heterocycles. The Balaban J connectivity index is 1.60. The van der Waals surface area contributed by atoms with Gasteiger partial charge in [0.25, 0.3) is 5.91 Å². The van der Waals surface area contributed by atoms with E-state index in [1.165, 1.54) is 18.2 Å². The molecule has 0 aliphatic carbocycles. The summed E-state index contributed by atoms with van der Waals surface area (Å²) in [7, 11) is -3.33. The average molecular weight is 418 g/mol. The van der Waals surface area contributed by atoms with Crippen molar-refractivity contribution in [2.75, 3.05) is 11.6 Å². The van der Waals surface area contributed by atoms with E-state index in [0.29, 0.717) is 28.3 Å². The molecule has 150 valence electrons.